The van der Waals surface area contributed by atoms with Gasteiger partial charge >= 0.3 is 0 Å². The van der Waals surface area contributed by atoms with Crippen molar-refractivity contribution >= 4 is 59.4 Å². The lowest BCUT2D eigenvalue weighted by Crippen LogP contribution is -2.55. The van der Waals surface area contributed by atoms with Crippen LogP contribution < -0.4 is 21.2 Å². The Morgan fingerprint density at radius 1 is 0.300 bits per heavy atom. The van der Waals surface area contributed by atoms with Gasteiger partial charge in [-0.3, -0.25) is 9.13 Å². The van der Waals surface area contributed by atoms with Gasteiger partial charge in [0.15, 0.2) is 0 Å². The summed E-state index contributed by atoms with van der Waals surface area (Å²) in [6.07, 6.45) is 0. The molecule has 0 saturated carbocycles. The third-order valence-corrected chi connectivity index (χ3v) is 36.0. The fourth-order valence-electron chi connectivity index (χ4n) is 10.7. The van der Waals surface area contributed by atoms with Crippen molar-refractivity contribution in [3.8, 4) is 0 Å². The molecule has 4 aromatic rings. The highest BCUT2D eigenvalue weighted by Gasteiger charge is 2.68. The Balaban J connectivity index is 2.44. The molecular weight excluding hydrogens is 812 g/mol. The van der Waals surface area contributed by atoms with E-state index in [1.165, 1.54) is 0 Å². The minimum absolute atomic E-state index is 0.0632. The van der Waals surface area contributed by atoms with Crippen LogP contribution in [0.2, 0.25) is 0 Å². The van der Waals surface area contributed by atoms with Crippen molar-refractivity contribution in [2.75, 3.05) is 0 Å². The molecule has 328 valence electrons. The van der Waals surface area contributed by atoms with Crippen LogP contribution in [0.3, 0.4) is 0 Å². The highest BCUT2D eigenvalue weighted by atomic mass is 31.3. The molecule has 0 unspecified atom stereocenters. The fourth-order valence-corrected chi connectivity index (χ4v) is 43.3. The van der Waals surface area contributed by atoms with E-state index in [0.29, 0.717) is 0 Å². The van der Waals surface area contributed by atoms with Gasteiger partial charge in [0.05, 0.1) is 9.55 Å². The van der Waals surface area contributed by atoms with Crippen LogP contribution in [0.15, 0.2) is 121 Å². The van der Waals surface area contributed by atoms with Crippen molar-refractivity contribution in [3.05, 3.63) is 121 Å². The zero-order valence-corrected chi connectivity index (χ0v) is 43.1. The maximum atomic E-state index is 18.6. The van der Waals surface area contributed by atoms with Crippen molar-refractivity contribution in [2.45, 2.75) is 159 Å². The molecule has 4 aromatic carbocycles. The highest BCUT2D eigenvalue weighted by Crippen LogP contribution is 2.91. The van der Waals surface area contributed by atoms with Gasteiger partial charge < -0.3 is 0 Å². The first kappa shape index (κ1) is 48.8. The largest absolute Gasteiger partial charge is 0.283 e. The summed E-state index contributed by atoms with van der Waals surface area (Å²) >= 11 is 0. The van der Waals surface area contributed by atoms with E-state index in [1.807, 2.05) is 0 Å². The van der Waals surface area contributed by atoms with Gasteiger partial charge in [0, 0.05) is 48.3 Å². The molecule has 10 heteroatoms. The normalized spacial score (nSPS) is 16.1. The Morgan fingerprint density at radius 2 is 0.450 bits per heavy atom. The highest BCUT2D eigenvalue weighted by molar-refractivity contribution is 8.50. The van der Waals surface area contributed by atoms with E-state index in [0.717, 1.165) is 30.8 Å². The zero-order valence-electron chi connectivity index (χ0n) is 39.6. The van der Waals surface area contributed by atoms with E-state index < -0.39 is 28.7 Å². The fraction of sp³-hybridized carbons (Fsp3) is 0.480. The summed E-state index contributed by atoms with van der Waals surface area (Å²) in [5.41, 5.74) is 0. The lowest BCUT2D eigenvalue weighted by Gasteiger charge is -2.62. The molecule has 0 atom stereocenters. The Bertz CT molecular complexity index is 1910. The first-order valence-corrected chi connectivity index (χ1v) is 29.1. The Labute approximate surface area is 366 Å². The maximum absolute atomic E-state index is 18.6. The second-order valence-corrected chi connectivity index (χ2v) is 32.2. The van der Waals surface area contributed by atoms with Gasteiger partial charge in [0.25, 0.3) is 0 Å². The molecule has 0 N–H and O–H groups in total. The third-order valence-electron chi connectivity index (χ3n) is 11.8. The van der Waals surface area contributed by atoms with Crippen molar-refractivity contribution in [1.29, 1.82) is 0 Å². The molecule has 0 fully saturated rings. The van der Waals surface area contributed by atoms with Crippen LogP contribution in [0.1, 0.15) is 111 Å². The standard InChI is InChI=1S/C50H76N4O2P4/c1-37(2)51(38(3)4)59(55,52(39(5)6)40(7)8)49-57(45-29-21-17-22-30-45,46-31-23-18-24-32-46)50(58(49,47-33-25-19-26-34-47)48-35-27-20-28-36-48)60(56,53(41(9)10)42(11)12)54(43(13)14)44(15)16/h17-44H,1-16H3. The Hall–Kier alpha value is -2.22. The van der Waals surface area contributed by atoms with Gasteiger partial charge in [-0.2, -0.15) is 0 Å². The smallest absolute Gasteiger partial charge is 0.248 e. The molecule has 1 aliphatic heterocycles. The minimum atomic E-state index is -3.83. The number of nitrogens with zero attached hydrogens (tertiary/aromatic N) is 4. The average Bonchev–Trinajstić information content (AvgIpc) is 3.15. The molecule has 1 heterocycles. The van der Waals surface area contributed by atoms with Crippen LogP contribution in [0.5, 0.6) is 0 Å². The summed E-state index contributed by atoms with van der Waals surface area (Å²) in [5.74, 6) is 0. The summed E-state index contributed by atoms with van der Waals surface area (Å²) < 4.78 is 48.9. The summed E-state index contributed by atoms with van der Waals surface area (Å²) in [7, 11) is -7.66. The van der Waals surface area contributed by atoms with Crippen LogP contribution in [-0.4, -0.2) is 76.6 Å². The molecule has 5 rings (SSSR count). The molecule has 0 spiro atoms. The molecule has 6 nitrogen and oxygen atoms in total. The molecular formula is C50H76N4O2P4. The quantitative estimate of drug-likeness (QED) is 0.0928. The molecule has 60 heavy (non-hydrogen) atoms. The van der Waals surface area contributed by atoms with Crippen molar-refractivity contribution < 1.29 is 9.13 Å². The van der Waals surface area contributed by atoms with Crippen LogP contribution in [0, 0.1) is 0 Å². The van der Waals surface area contributed by atoms with E-state index in [-0.39, 0.29) is 48.3 Å². The van der Waals surface area contributed by atoms with Gasteiger partial charge in [0.1, 0.15) is 0 Å². The van der Waals surface area contributed by atoms with Crippen LogP contribution in [0.4, 0.5) is 0 Å². The Kier molecular flexibility index (Phi) is 15.7. The molecule has 0 radical (unpaired) electrons. The summed E-state index contributed by atoms with van der Waals surface area (Å²) in [6.45, 7) is 29.0. The third kappa shape index (κ3) is 7.88. The van der Waals surface area contributed by atoms with Crippen molar-refractivity contribution in [2.24, 2.45) is 0 Å². The van der Waals surface area contributed by atoms with Crippen molar-refractivity contribution in [3.63, 3.8) is 0 Å². The maximum Gasteiger partial charge on any atom is 0.248 e. The van der Waals surface area contributed by atoms with Crippen molar-refractivity contribution in [1.82, 2.24) is 18.7 Å². The predicted molar refractivity (Wildman–Crippen MR) is 272 cm³/mol. The van der Waals surface area contributed by atoms with Crippen LogP contribution in [-0.2, 0) is 9.13 Å². The van der Waals surface area contributed by atoms with Gasteiger partial charge in [0.2, 0.25) is 14.9 Å². The van der Waals surface area contributed by atoms with E-state index in [4.69, 9.17) is 0 Å². The number of hydrogen-bond donors (Lipinski definition) is 0. The molecule has 1 aliphatic rings. The van der Waals surface area contributed by atoms with Gasteiger partial charge in [-0.25, -0.2) is 18.7 Å². The van der Waals surface area contributed by atoms with E-state index in [2.05, 4.69) is 251 Å². The first-order chi connectivity index (χ1) is 28.2. The van der Waals surface area contributed by atoms with E-state index in [1.54, 1.807) is 0 Å². The molecule has 0 aromatic heterocycles. The van der Waals surface area contributed by atoms with Crippen LogP contribution >= 0.6 is 28.7 Å². The number of benzene rings is 4. The molecule has 0 saturated heterocycles. The number of hydrogen-bond acceptors (Lipinski definition) is 2. The SMILES string of the molecule is CC(C)N(C(C)C)P(=O)(C1=P(c2ccccc2)(c2ccccc2)C(P(=O)(N(C(C)C)C(C)C)N(C(C)C)C(C)C)=P1(c1ccccc1)c1ccccc1)N(C(C)C)C(C)C. The van der Waals surface area contributed by atoms with E-state index in [9.17, 15) is 0 Å². The summed E-state index contributed by atoms with van der Waals surface area (Å²) in [6, 6.07) is 43.2. The number of rotatable bonds is 18. The predicted octanol–water partition coefficient (Wildman–Crippen LogP) is 12.4. The summed E-state index contributed by atoms with van der Waals surface area (Å²) in [5, 5.41) is 4.46. The second-order valence-electron chi connectivity index (χ2n) is 18.6. The van der Waals surface area contributed by atoms with E-state index >= 15 is 9.13 Å². The van der Waals surface area contributed by atoms with Gasteiger partial charge in [-0.05, 0) is 146 Å². The average molecular weight is 889 g/mol. The monoisotopic (exact) mass is 888 g/mol. The van der Waals surface area contributed by atoms with Crippen LogP contribution in [0.25, 0.3) is 0 Å². The molecule has 0 bridgehead atoms. The molecule has 0 aliphatic carbocycles. The van der Waals surface area contributed by atoms with Gasteiger partial charge in [-0.15, -0.1) is 0 Å². The zero-order chi connectivity index (χ0) is 44.5. The second kappa shape index (κ2) is 19.3. The lowest BCUT2D eigenvalue weighted by molar-refractivity contribution is 0.233. The van der Waals surface area contributed by atoms with Gasteiger partial charge in [-0.1, -0.05) is 121 Å². The lowest BCUT2D eigenvalue weighted by atomic mass is 10.3. The summed E-state index contributed by atoms with van der Waals surface area (Å²) in [4.78, 5) is 0. The Morgan fingerprint density at radius 3 is 0.583 bits per heavy atom. The minimum Gasteiger partial charge on any atom is -0.283 e. The topological polar surface area (TPSA) is 47.1 Å². The molecule has 0 amide bonds. The first-order valence-electron chi connectivity index (χ1n) is 22.3.